The number of nitrogens with one attached hydrogen (secondary N) is 1. The lowest BCUT2D eigenvalue weighted by molar-refractivity contribution is 0.0926. The Bertz CT molecular complexity index is 1250. The first-order valence-electron chi connectivity index (χ1n) is 9.47. The number of anilines is 3. The van der Waals surface area contributed by atoms with Crippen LogP contribution in [0.4, 0.5) is 16.5 Å². The molecule has 1 aromatic heterocycles. The molecule has 0 radical (unpaired) electrons. The number of fused-ring (bicyclic) bond motifs is 1. The molecule has 0 bridgehead atoms. The Kier molecular flexibility index (Phi) is 5.71. The lowest BCUT2D eigenvalue weighted by atomic mass is 10.1. The first-order chi connectivity index (χ1) is 14.6. The van der Waals surface area contributed by atoms with Crippen molar-refractivity contribution in [1.82, 2.24) is 4.98 Å². The van der Waals surface area contributed by atoms with Crippen molar-refractivity contribution in [3.8, 4) is 11.3 Å². The van der Waals surface area contributed by atoms with E-state index in [1.807, 2.05) is 54.8 Å². The Morgan fingerprint density at radius 1 is 0.871 bits per heavy atom. The number of imide groups is 1. The van der Waals surface area contributed by atoms with E-state index in [-0.39, 0.29) is 28.8 Å². The van der Waals surface area contributed by atoms with Gasteiger partial charge < -0.3 is 5.32 Å². The fourth-order valence-corrected chi connectivity index (χ4v) is 4.19. The van der Waals surface area contributed by atoms with E-state index in [4.69, 9.17) is 0 Å². The van der Waals surface area contributed by atoms with Crippen LogP contribution in [0.15, 0.2) is 78.2 Å². The molecule has 0 saturated heterocycles. The number of aromatic nitrogens is 1. The zero-order valence-electron chi connectivity index (χ0n) is 16.5. The third-order valence-electron chi connectivity index (χ3n) is 5.00. The zero-order chi connectivity index (χ0) is 20.7. The lowest BCUT2D eigenvalue weighted by Gasteiger charge is -2.14. The number of carbonyl (C=O) groups excluding carboxylic acids is 2. The molecule has 7 heteroatoms. The molecule has 2 heterocycles. The molecule has 0 fully saturated rings. The van der Waals surface area contributed by atoms with Gasteiger partial charge in [0.1, 0.15) is 0 Å². The second-order valence-corrected chi connectivity index (χ2v) is 7.93. The summed E-state index contributed by atoms with van der Waals surface area (Å²) in [5, 5.41) is 6.04. The number of benzene rings is 3. The summed E-state index contributed by atoms with van der Waals surface area (Å²) in [6, 6.07) is 22.4. The van der Waals surface area contributed by atoms with Crippen molar-refractivity contribution >= 4 is 56.6 Å². The molecular formula is C24H18BrN3O2S. The van der Waals surface area contributed by atoms with Gasteiger partial charge in [-0.1, -0.05) is 42.0 Å². The molecule has 3 aromatic carbocycles. The molecule has 0 aliphatic carbocycles. The Hall–Kier alpha value is -3.29. The minimum absolute atomic E-state index is 0. The van der Waals surface area contributed by atoms with Gasteiger partial charge in [-0.2, -0.15) is 0 Å². The molecule has 1 aliphatic rings. The highest BCUT2D eigenvalue weighted by Crippen LogP contribution is 2.33. The first kappa shape index (κ1) is 21.0. The van der Waals surface area contributed by atoms with Crippen molar-refractivity contribution < 1.29 is 9.59 Å². The highest BCUT2D eigenvalue weighted by atomic mass is 79.9. The minimum Gasteiger partial charge on any atom is -0.332 e. The third kappa shape index (κ3) is 3.89. The maximum absolute atomic E-state index is 12.8. The fourth-order valence-electron chi connectivity index (χ4n) is 3.45. The van der Waals surface area contributed by atoms with Crippen LogP contribution in [0.2, 0.25) is 0 Å². The van der Waals surface area contributed by atoms with Crippen LogP contribution in [0.5, 0.6) is 0 Å². The number of halogens is 1. The first-order valence-corrected chi connectivity index (χ1v) is 10.4. The van der Waals surface area contributed by atoms with Gasteiger partial charge in [-0.3, -0.25) is 9.59 Å². The van der Waals surface area contributed by atoms with Gasteiger partial charge in [0.25, 0.3) is 11.8 Å². The second kappa shape index (κ2) is 8.45. The smallest absolute Gasteiger partial charge is 0.266 e. The van der Waals surface area contributed by atoms with Crippen molar-refractivity contribution in [3.63, 3.8) is 0 Å². The molecule has 1 N–H and O–H groups in total. The quantitative estimate of drug-likeness (QED) is 0.343. The summed E-state index contributed by atoms with van der Waals surface area (Å²) < 4.78 is 0. The predicted octanol–water partition coefficient (Wildman–Crippen LogP) is 6.24. The summed E-state index contributed by atoms with van der Waals surface area (Å²) in [6.45, 7) is 2.05. The summed E-state index contributed by atoms with van der Waals surface area (Å²) in [6.07, 6.45) is 0. The number of rotatable bonds is 4. The molecule has 154 valence electrons. The molecule has 0 atom stereocenters. The normalized spacial score (nSPS) is 12.5. The molecule has 31 heavy (non-hydrogen) atoms. The molecule has 0 saturated carbocycles. The van der Waals surface area contributed by atoms with E-state index >= 15 is 0 Å². The lowest BCUT2D eigenvalue weighted by Crippen LogP contribution is -2.29. The Balaban J connectivity index is 0.00000231. The van der Waals surface area contributed by atoms with Crippen LogP contribution in [0.1, 0.15) is 26.3 Å². The largest absolute Gasteiger partial charge is 0.332 e. The molecule has 4 aromatic rings. The van der Waals surface area contributed by atoms with Crippen LogP contribution in [-0.4, -0.2) is 16.8 Å². The van der Waals surface area contributed by atoms with E-state index in [9.17, 15) is 9.59 Å². The number of aryl methyl sites for hydroxylation is 1. The van der Waals surface area contributed by atoms with E-state index < -0.39 is 0 Å². The summed E-state index contributed by atoms with van der Waals surface area (Å²) in [5.74, 6) is -0.597. The van der Waals surface area contributed by atoms with Gasteiger partial charge in [-0.15, -0.1) is 28.3 Å². The highest BCUT2D eigenvalue weighted by molar-refractivity contribution is 8.93. The average Bonchev–Trinajstić information content (AvgIpc) is 3.33. The summed E-state index contributed by atoms with van der Waals surface area (Å²) in [5.41, 5.74) is 5.22. The standard InChI is InChI=1S/C24H17N3O2S.BrH/c1-15-9-11-17(12-10-15)25-24-26-21(14-30-24)16-5-4-6-18(13-16)27-22(28)19-7-2-3-8-20(19)23(27)29;/h2-14H,1H3,(H,25,26);1H. The van der Waals surface area contributed by atoms with E-state index in [0.29, 0.717) is 16.8 Å². The van der Waals surface area contributed by atoms with Crippen LogP contribution < -0.4 is 10.2 Å². The Morgan fingerprint density at radius 3 is 2.23 bits per heavy atom. The molecule has 5 nitrogen and oxygen atoms in total. The molecule has 0 spiro atoms. The number of amides is 2. The van der Waals surface area contributed by atoms with Crippen LogP contribution in [0.3, 0.4) is 0 Å². The maximum Gasteiger partial charge on any atom is 0.266 e. The highest BCUT2D eigenvalue weighted by Gasteiger charge is 2.36. The number of nitrogens with zero attached hydrogens (tertiary/aromatic N) is 2. The van der Waals surface area contributed by atoms with Crippen LogP contribution in [-0.2, 0) is 0 Å². The van der Waals surface area contributed by atoms with E-state index in [2.05, 4.69) is 10.3 Å². The predicted molar refractivity (Wildman–Crippen MR) is 130 cm³/mol. The fraction of sp³-hybridized carbons (Fsp3) is 0.0417. The van der Waals surface area contributed by atoms with Crippen molar-refractivity contribution in [2.24, 2.45) is 0 Å². The van der Waals surface area contributed by atoms with Crippen molar-refractivity contribution in [1.29, 1.82) is 0 Å². The monoisotopic (exact) mass is 491 g/mol. The van der Waals surface area contributed by atoms with Gasteiger partial charge in [0.15, 0.2) is 5.13 Å². The van der Waals surface area contributed by atoms with Gasteiger partial charge in [-0.25, -0.2) is 9.88 Å². The molecule has 2 amide bonds. The second-order valence-electron chi connectivity index (χ2n) is 7.07. The van der Waals surface area contributed by atoms with Crippen LogP contribution in [0.25, 0.3) is 11.3 Å². The van der Waals surface area contributed by atoms with Gasteiger partial charge in [0, 0.05) is 16.6 Å². The Labute approximate surface area is 194 Å². The van der Waals surface area contributed by atoms with Crippen LogP contribution >= 0.6 is 28.3 Å². The summed E-state index contributed by atoms with van der Waals surface area (Å²) >= 11 is 1.50. The van der Waals surface area contributed by atoms with Crippen molar-refractivity contribution in [3.05, 3.63) is 94.9 Å². The number of carbonyl (C=O) groups is 2. The Morgan fingerprint density at radius 2 is 1.55 bits per heavy atom. The molecule has 0 unspecified atom stereocenters. The molecular weight excluding hydrogens is 474 g/mol. The summed E-state index contributed by atoms with van der Waals surface area (Å²) in [4.78, 5) is 31.4. The number of hydrogen-bond donors (Lipinski definition) is 1. The number of hydrogen-bond acceptors (Lipinski definition) is 5. The van der Waals surface area contributed by atoms with Gasteiger partial charge in [0.2, 0.25) is 0 Å². The van der Waals surface area contributed by atoms with Crippen molar-refractivity contribution in [2.45, 2.75) is 6.92 Å². The number of thiazole rings is 1. The third-order valence-corrected chi connectivity index (χ3v) is 5.76. The SMILES string of the molecule is Br.Cc1ccc(Nc2nc(-c3cccc(N4C(=O)c5ccccc5C4=O)c3)cs2)cc1. The molecule has 1 aliphatic heterocycles. The van der Waals surface area contributed by atoms with Crippen molar-refractivity contribution in [2.75, 3.05) is 10.2 Å². The van der Waals surface area contributed by atoms with Gasteiger partial charge >= 0.3 is 0 Å². The van der Waals surface area contributed by atoms with Crippen LogP contribution in [0, 0.1) is 6.92 Å². The van der Waals surface area contributed by atoms with Gasteiger partial charge in [0.05, 0.1) is 22.5 Å². The zero-order valence-corrected chi connectivity index (χ0v) is 19.1. The van der Waals surface area contributed by atoms with E-state index in [0.717, 1.165) is 22.1 Å². The average molecular weight is 492 g/mol. The maximum atomic E-state index is 12.8. The molecule has 5 rings (SSSR count). The minimum atomic E-state index is -0.298. The van der Waals surface area contributed by atoms with E-state index in [1.165, 1.54) is 21.8 Å². The summed E-state index contributed by atoms with van der Waals surface area (Å²) in [7, 11) is 0. The van der Waals surface area contributed by atoms with E-state index in [1.54, 1.807) is 30.3 Å². The topological polar surface area (TPSA) is 62.3 Å². The van der Waals surface area contributed by atoms with Gasteiger partial charge in [-0.05, 0) is 43.3 Å².